The van der Waals surface area contributed by atoms with Gasteiger partial charge in [0.2, 0.25) is 0 Å². The van der Waals surface area contributed by atoms with Gasteiger partial charge in [-0.15, -0.1) is 0 Å². The first-order chi connectivity index (χ1) is 12.0. The normalized spacial score (nSPS) is 18.5. The largest absolute Gasteiger partial charge is 0.494 e. The summed E-state index contributed by atoms with van der Waals surface area (Å²) in [5.41, 5.74) is 0.840. The molecule has 0 saturated carbocycles. The third-order valence-electron chi connectivity index (χ3n) is 4.67. The van der Waals surface area contributed by atoms with Gasteiger partial charge in [0.05, 0.1) is 13.2 Å². The lowest BCUT2D eigenvalue weighted by Gasteiger charge is -2.36. The number of ether oxygens (including phenoxy) is 2. The minimum Gasteiger partial charge on any atom is -0.494 e. The van der Waals surface area contributed by atoms with E-state index in [9.17, 15) is 4.39 Å². The molecule has 0 radical (unpaired) electrons. The van der Waals surface area contributed by atoms with E-state index in [0.717, 1.165) is 38.2 Å². The van der Waals surface area contributed by atoms with Crippen LogP contribution in [0, 0.1) is 5.82 Å². The van der Waals surface area contributed by atoms with E-state index in [2.05, 4.69) is 21.9 Å². The van der Waals surface area contributed by atoms with Gasteiger partial charge >= 0.3 is 0 Å². The molecule has 1 aromatic rings. The van der Waals surface area contributed by atoms with Crippen molar-refractivity contribution >= 4 is 17.7 Å². The summed E-state index contributed by atoms with van der Waals surface area (Å²) in [4.78, 5) is 4.29. The summed E-state index contributed by atoms with van der Waals surface area (Å²) in [6.07, 6.45) is 4.20. The van der Waals surface area contributed by atoms with Crippen molar-refractivity contribution < 1.29 is 13.9 Å². The van der Waals surface area contributed by atoms with E-state index in [1.54, 1.807) is 13.1 Å². The Morgan fingerprint density at radius 1 is 1.44 bits per heavy atom. The van der Waals surface area contributed by atoms with Crippen LogP contribution in [0.5, 0.6) is 5.75 Å². The number of nitrogens with zero attached hydrogens (tertiary/aromatic N) is 1. The first-order valence-corrected chi connectivity index (χ1v) is 9.69. The van der Waals surface area contributed by atoms with Crippen LogP contribution >= 0.6 is 11.8 Å². The molecule has 1 unspecified atom stereocenters. The molecule has 1 saturated heterocycles. The lowest BCUT2D eigenvalue weighted by molar-refractivity contribution is 0.0782. The first-order valence-electron chi connectivity index (χ1n) is 8.47. The molecule has 2 N–H and O–H groups in total. The van der Waals surface area contributed by atoms with Gasteiger partial charge in [-0.3, -0.25) is 4.99 Å². The maximum Gasteiger partial charge on any atom is 0.191 e. The quantitative estimate of drug-likeness (QED) is 0.596. The van der Waals surface area contributed by atoms with E-state index >= 15 is 0 Å². The molecule has 1 aliphatic rings. The van der Waals surface area contributed by atoms with E-state index in [1.807, 2.05) is 24.8 Å². The minimum absolute atomic E-state index is 0.0773. The molecule has 7 heteroatoms. The van der Waals surface area contributed by atoms with Gasteiger partial charge in [-0.05, 0) is 43.7 Å². The summed E-state index contributed by atoms with van der Waals surface area (Å²) in [7, 11) is 3.20. The van der Waals surface area contributed by atoms with E-state index < -0.39 is 0 Å². The Hall–Kier alpha value is -1.47. The second-order valence-electron chi connectivity index (χ2n) is 6.19. The highest BCUT2D eigenvalue weighted by Crippen LogP contribution is 2.33. The van der Waals surface area contributed by atoms with Crippen molar-refractivity contribution in [1.82, 2.24) is 10.6 Å². The Kier molecular flexibility index (Phi) is 7.38. The predicted molar refractivity (Wildman–Crippen MR) is 102 cm³/mol. The number of halogens is 1. The van der Waals surface area contributed by atoms with E-state index in [0.29, 0.717) is 5.96 Å². The van der Waals surface area contributed by atoms with Gasteiger partial charge in [-0.2, -0.15) is 11.8 Å². The van der Waals surface area contributed by atoms with Crippen LogP contribution in [0.4, 0.5) is 4.39 Å². The van der Waals surface area contributed by atoms with Crippen molar-refractivity contribution in [2.24, 2.45) is 4.99 Å². The molecule has 0 aromatic heterocycles. The lowest BCUT2D eigenvalue weighted by atomic mass is 9.99. The summed E-state index contributed by atoms with van der Waals surface area (Å²) in [6, 6.07) is 4.91. The number of nitrogens with one attached hydrogen (secondary N) is 2. The van der Waals surface area contributed by atoms with Crippen molar-refractivity contribution in [2.45, 2.75) is 30.6 Å². The molecule has 0 aliphatic carbocycles. The molecule has 2 rings (SSSR count). The third kappa shape index (κ3) is 5.25. The standard InChI is InChI=1S/C18H28FN3O2S/c1-13(14-5-6-16(23-3)15(19)11-14)22-17(20-2)21-12-18(25-4)7-9-24-10-8-18/h5-6,11,13H,7-10,12H2,1-4H3,(H2,20,21,22). The third-order valence-corrected chi connectivity index (χ3v) is 6.09. The smallest absolute Gasteiger partial charge is 0.191 e. The highest BCUT2D eigenvalue weighted by atomic mass is 32.2. The monoisotopic (exact) mass is 369 g/mol. The van der Waals surface area contributed by atoms with Crippen LogP contribution in [0.1, 0.15) is 31.4 Å². The van der Waals surface area contributed by atoms with Crippen LogP contribution in [0.15, 0.2) is 23.2 Å². The highest BCUT2D eigenvalue weighted by Gasteiger charge is 2.31. The fraction of sp³-hybridized carbons (Fsp3) is 0.611. The Morgan fingerprint density at radius 3 is 2.72 bits per heavy atom. The molecule has 140 valence electrons. The van der Waals surface area contributed by atoms with Gasteiger partial charge in [-0.25, -0.2) is 4.39 Å². The number of hydrogen-bond donors (Lipinski definition) is 2. The number of rotatable bonds is 6. The number of guanidine groups is 1. The number of methoxy groups -OCH3 is 1. The van der Waals surface area contributed by atoms with Crippen LogP contribution < -0.4 is 15.4 Å². The molecule has 1 aliphatic heterocycles. The van der Waals surface area contributed by atoms with Gasteiger partial charge in [0.15, 0.2) is 17.5 Å². The molecule has 25 heavy (non-hydrogen) atoms. The zero-order valence-electron chi connectivity index (χ0n) is 15.4. The topological polar surface area (TPSA) is 54.9 Å². The van der Waals surface area contributed by atoms with E-state index in [-0.39, 0.29) is 22.4 Å². The SMILES string of the molecule is CN=C(NCC1(SC)CCOCC1)NC(C)c1ccc(OC)c(F)c1. The highest BCUT2D eigenvalue weighted by molar-refractivity contribution is 8.00. The molecule has 0 bridgehead atoms. The van der Waals surface area contributed by atoms with Crippen molar-refractivity contribution in [3.63, 3.8) is 0 Å². The Bertz CT molecular complexity index is 592. The van der Waals surface area contributed by atoms with Crippen LogP contribution in [-0.4, -0.2) is 50.9 Å². The zero-order valence-corrected chi connectivity index (χ0v) is 16.2. The van der Waals surface area contributed by atoms with Crippen LogP contribution in [-0.2, 0) is 4.74 Å². The first kappa shape index (κ1) is 19.8. The Labute approximate surface area is 153 Å². The second kappa shape index (κ2) is 9.29. The number of thioether (sulfide) groups is 1. The molecular weight excluding hydrogens is 341 g/mol. The minimum atomic E-state index is -0.361. The summed E-state index contributed by atoms with van der Waals surface area (Å²) < 4.78 is 24.5. The summed E-state index contributed by atoms with van der Waals surface area (Å²) in [5.74, 6) is 0.601. The van der Waals surface area contributed by atoms with Gasteiger partial charge in [0, 0.05) is 31.6 Å². The fourth-order valence-electron chi connectivity index (χ4n) is 2.88. The summed E-state index contributed by atoms with van der Waals surface area (Å²) in [5, 5.41) is 6.73. The molecular formula is C18H28FN3O2S. The Morgan fingerprint density at radius 2 is 2.16 bits per heavy atom. The molecule has 1 heterocycles. The van der Waals surface area contributed by atoms with Crippen LogP contribution in [0.25, 0.3) is 0 Å². The summed E-state index contributed by atoms with van der Waals surface area (Å²) >= 11 is 1.88. The van der Waals surface area contributed by atoms with Gasteiger partial charge < -0.3 is 20.1 Å². The van der Waals surface area contributed by atoms with Crippen molar-refractivity contribution in [3.05, 3.63) is 29.6 Å². The maximum absolute atomic E-state index is 13.9. The number of hydrogen-bond acceptors (Lipinski definition) is 4. The molecule has 1 aromatic carbocycles. The van der Waals surface area contributed by atoms with Gasteiger partial charge in [0.1, 0.15) is 0 Å². The average Bonchev–Trinajstić information content (AvgIpc) is 2.65. The fourth-order valence-corrected chi connectivity index (χ4v) is 3.67. The summed E-state index contributed by atoms with van der Waals surface area (Å²) in [6.45, 7) is 4.40. The van der Waals surface area contributed by atoms with Crippen molar-refractivity contribution in [3.8, 4) is 5.75 Å². The molecule has 1 atom stereocenters. The van der Waals surface area contributed by atoms with E-state index in [1.165, 1.54) is 13.2 Å². The van der Waals surface area contributed by atoms with Crippen LogP contribution in [0.3, 0.4) is 0 Å². The zero-order chi connectivity index (χ0) is 18.3. The lowest BCUT2D eigenvalue weighted by Crippen LogP contribution is -2.48. The van der Waals surface area contributed by atoms with Crippen molar-refractivity contribution in [2.75, 3.05) is 40.2 Å². The predicted octanol–water partition coefficient (Wildman–Crippen LogP) is 2.97. The molecule has 0 amide bonds. The molecule has 1 fully saturated rings. The number of benzene rings is 1. The van der Waals surface area contributed by atoms with Crippen molar-refractivity contribution in [1.29, 1.82) is 0 Å². The maximum atomic E-state index is 13.9. The molecule has 0 spiro atoms. The van der Waals surface area contributed by atoms with Crippen LogP contribution in [0.2, 0.25) is 0 Å². The van der Waals surface area contributed by atoms with Gasteiger partial charge in [-0.1, -0.05) is 6.07 Å². The second-order valence-corrected chi connectivity index (χ2v) is 7.46. The van der Waals surface area contributed by atoms with Gasteiger partial charge in [0.25, 0.3) is 0 Å². The van der Waals surface area contributed by atoms with E-state index in [4.69, 9.17) is 9.47 Å². The molecule has 5 nitrogen and oxygen atoms in total. The Balaban J connectivity index is 1.95. The average molecular weight is 370 g/mol. The number of aliphatic imine (C=N–C) groups is 1.